The highest BCUT2D eigenvalue weighted by Crippen LogP contribution is 2.17. The number of aromatic amines is 1. The maximum atomic E-state index is 13.7. The topological polar surface area (TPSA) is 92.7 Å². The van der Waals surface area contributed by atoms with Crippen LogP contribution in [0.1, 0.15) is 27.4 Å². The number of carbonyl (C=O) groups excluding carboxylic acids is 1. The number of amides is 1. The van der Waals surface area contributed by atoms with Crippen molar-refractivity contribution in [3.63, 3.8) is 0 Å². The molecule has 2 aromatic heterocycles. The summed E-state index contributed by atoms with van der Waals surface area (Å²) < 4.78 is 15.2. The highest BCUT2D eigenvalue weighted by Gasteiger charge is 2.17. The third-order valence-corrected chi connectivity index (χ3v) is 5.07. The van der Waals surface area contributed by atoms with Gasteiger partial charge in [-0.25, -0.2) is 14.4 Å². The Morgan fingerprint density at radius 3 is 2.72 bits per heavy atom. The fraction of sp³-hybridized carbons (Fsp3) is 0.238. The summed E-state index contributed by atoms with van der Waals surface area (Å²) in [7, 11) is 1.63. The van der Waals surface area contributed by atoms with Crippen LogP contribution in [0.2, 0.25) is 0 Å². The standard InChI is InChI=1S/C21H20FN5O2/c1-11-9-15-16(10-12(11)2)27(3)21(29)19(25-15)20(28)23-8-7-17-24-14-6-4-5-13(22)18(14)26-17/h4-6,9-10H,7-8H2,1-3H3,(H,23,28)(H,24,26). The number of para-hydroxylation sites is 1. The zero-order valence-corrected chi connectivity index (χ0v) is 16.3. The van der Waals surface area contributed by atoms with Crippen LogP contribution in [0.15, 0.2) is 35.1 Å². The first-order valence-corrected chi connectivity index (χ1v) is 9.24. The van der Waals surface area contributed by atoms with Gasteiger partial charge in [-0.05, 0) is 49.2 Å². The molecule has 7 nitrogen and oxygen atoms in total. The summed E-state index contributed by atoms with van der Waals surface area (Å²) in [6.07, 6.45) is 0.367. The van der Waals surface area contributed by atoms with Crippen molar-refractivity contribution in [1.82, 2.24) is 24.8 Å². The summed E-state index contributed by atoms with van der Waals surface area (Å²) in [5, 5.41) is 2.70. The Hall–Kier alpha value is -3.55. The van der Waals surface area contributed by atoms with Gasteiger partial charge in [0.1, 0.15) is 11.3 Å². The molecule has 0 unspecified atom stereocenters. The number of imidazole rings is 1. The fourth-order valence-corrected chi connectivity index (χ4v) is 3.27. The van der Waals surface area contributed by atoms with Crippen LogP contribution in [-0.2, 0) is 13.5 Å². The van der Waals surface area contributed by atoms with Crippen molar-refractivity contribution in [1.29, 1.82) is 0 Å². The number of rotatable bonds is 4. The summed E-state index contributed by atoms with van der Waals surface area (Å²) in [6, 6.07) is 8.44. The predicted molar refractivity (Wildman–Crippen MR) is 109 cm³/mol. The Bertz CT molecular complexity index is 1320. The van der Waals surface area contributed by atoms with Gasteiger partial charge in [-0.15, -0.1) is 0 Å². The molecule has 0 radical (unpaired) electrons. The highest BCUT2D eigenvalue weighted by atomic mass is 19.1. The monoisotopic (exact) mass is 393 g/mol. The van der Waals surface area contributed by atoms with E-state index in [4.69, 9.17) is 0 Å². The van der Waals surface area contributed by atoms with E-state index < -0.39 is 17.3 Å². The molecule has 0 aliphatic rings. The molecule has 1 amide bonds. The minimum atomic E-state index is -0.548. The van der Waals surface area contributed by atoms with Crippen LogP contribution in [0.5, 0.6) is 0 Å². The van der Waals surface area contributed by atoms with E-state index in [0.717, 1.165) is 11.1 Å². The van der Waals surface area contributed by atoms with Crippen LogP contribution in [-0.4, -0.2) is 32.0 Å². The number of benzene rings is 2. The van der Waals surface area contributed by atoms with Gasteiger partial charge in [-0.2, -0.15) is 0 Å². The molecule has 2 N–H and O–H groups in total. The number of H-pyrrole nitrogens is 1. The van der Waals surface area contributed by atoms with Gasteiger partial charge in [0.15, 0.2) is 11.5 Å². The lowest BCUT2D eigenvalue weighted by Crippen LogP contribution is -2.35. The Balaban J connectivity index is 1.54. The van der Waals surface area contributed by atoms with E-state index in [-0.39, 0.29) is 17.8 Å². The van der Waals surface area contributed by atoms with Crippen molar-refractivity contribution in [2.24, 2.45) is 7.05 Å². The van der Waals surface area contributed by atoms with Crippen molar-refractivity contribution in [2.75, 3.05) is 6.54 Å². The smallest absolute Gasteiger partial charge is 0.282 e. The predicted octanol–water partition coefficient (Wildman–Crippen LogP) is 2.54. The Kier molecular flexibility index (Phi) is 4.62. The number of aryl methyl sites for hydroxylation is 3. The largest absolute Gasteiger partial charge is 0.350 e. The van der Waals surface area contributed by atoms with Crippen molar-refractivity contribution < 1.29 is 9.18 Å². The van der Waals surface area contributed by atoms with E-state index in [2.05, 4.69) is 20.3 Å². The fourth-order valence-electron chi connectivity index (χ4n) is 3.27. The van der Waals surface area contributed by atoms with E-state index in [1.807, 2.05) is 26.0 Å². The molecular weight excluding hydrogens is 373 g/mol. The first kappa shape index (κ1) is 18.8. The van der Waals surface area contributed by atoms with Crippen LogP contribution in [0.4, 0.5) is 4.39 Å². The second-order valence-corrected chi connectivity index (χ2v) is 7.08. The van der Waals surface area contributed by atoms with Crippen molar-refractivity contribution in [3.8, 4) is 0 Å². The van der Waals surface area contributed by atoms with Crippen LogP contribution < -0.4 is 10.9 Å². The molecule has 4 aromatic rings. The van der Waals surface area contributed by atoms with Gasteiger partial charge in [0.2, 0.25) is 0 Å². The maximum Gasteiger partial charge on any atom is 0.282 e. The number of fused-ring (bicyclic) bond motifs is 2. The zero-order valence-electron chi connectivity index (χ0n) is 16.3. The molecule has 148 valence electrons. The Morgan fingerprint density at radius 2 is 1.97 bits per heavy atom. The minimum absolute atomic E-state index is 0.154. The van der Waals surface area contributed by atoms with Crippen molar-refractivity contribution >= 4 is 28.0 Å². The molecule has 29 heavy (non-hydrogen) atoms. The lowest BCUT2D eigenvalue weighted by atomic mass is 10.1. The van der Waals surface area contributed by atoms with E-state index in [0.29, 0.717) is 28.8 Å². The van der Waals surface area contributed by atoms with Crippen LogP contribution in [0, 0.1) is 19.7 Å². The molecule has 0 fully saturated rings. The molecule has 0 atom stereocenters. The molecule has 0 spiro atoms. The maximum absolute atomic E-state index is 13.7. The average molecular weight is 393 g/mol. The van der Waals surface area contributed by atoms with E-state index in [1.54, 1.807) is 19.2 Å². The summed E-state index contributed by atoms with van der Waals surface area (Å²) in [4.78, 5) is 36.7. The molecule has 0 bridgehead atoms. The normalized spacial score (nSPS) is 11.3. The van der Waals surface area contributed by atoms with Gasteiger partial charge in [0.05, 0.1) is 16.6 Å². The third kappa shape index (κ3) is 3.37. The second kappa shape index (κ2) is 7.12. The molecular formula is C21H20FN5O2. The molecule has 4 rings (SSSR count). The van der Waals surface area contributed by atoms with E-state index in [1.165, 1.54) is 10.6 Å². The van der Waals surface area contributed by atoms with Gasteiger partial charge < -0.3 is 14.9 Å². The lowest BCUT2D eigenvalue weighted by Gasteiger charge is -2.10. The van der Waals surface area contributed by atoms with Gasteiger partial charge >= 0.3 is 0 Å². The zero-order chi connectivity index (χ0) is 20.7. The SMILES string of the molecule is Cc1cc2nc(C(=O)NCCc3nc4c(F)cccc4[nH]3)c(=O)n(C)c2cc1C. The third-order valence-electron chi connectivity index (χ3n) is 5.07. The van der Waals surface area contributed by atoms with Gasteiger partial charge in [-0.1, -0.05) is 6.07 Å². The summed E-state index contributed by atoms with van der Waals surface area (Å²) >= 11 is 0. The summed E-state index contributed by atoms with van der Waals surface area (Å²) in [5.41, 5.74) is 3.61. The number of hydrogen-bond acceptors (Lipinski definition) is 4. The first-order chi connectivity index (χ1) is 13.8. The molecule has 8 heteroatoms. The molecule has 0 aliphatic heterocycles. The number of halogens is 1. The molecule has 0 saturated heterocycles. The Labute approximate surface area is 165 Å². The number of hydrogen-bond donors (Lipinski definition) is 2. The first-order valence-electron chi connectivity index (χ1n) is 9.24. The van der Waals surface area contributed by atoms with Crippen molar-refractivity contribution in [2.45, 2.75) is 20.3 Å². The number of aromatic nitrogens is 4. The minimum Gasteiger partial charge on any atom is -0.350 e. The van der Waals surface area contributed by atoms with Gasteiger partial charge in [-0.3, -0.25) is 9.59 Å². The van der Waals surface area contributed by atoms with Gasteiger partial charge in [0.25, 0.3) is 11.5 Å². The number of nitrogens with one attached hydrogen (secondary N) is 2. The van der Waals surface area contributed by atoms with E-state index >= 15 is 0 Å². The van der Waals surface area contributed by atoms with E-state index in [9.17, 15) is 14.0 Å². The summed E-state index contributed by atoms with van der Waals surface area (Å²) in [6.45, 7) is 4.15. The van der Waals surface area contributed by atoms with Crippen LogP contribution >= 0.6 is 0 Å². The van der Waals surface area contributed by atoms with Crippen LogP contribution in [0.25, 0.3) is 22.1 Å². The molecule has 2 aromatic carbocycles. The quantitative estimate of drug-likeness (QED) is 0.557. The van der Waals surface area contributed by atoms with Crippen LogP contribution in [0.3, 0.4) is 0 Å². The van der Waals surface area contributed by atoms with Crippen molar-refractivity contribution in [3.05, 3.63) is 69.1 Å². The number of carbonyl (C=O) groups is 1. The molecule has 0 saturated carbocycles. The molecule has 0 aliphatic carbocycles. The second-order valence-electron chi connectivity index (χ2n) is 7.08. The van der Waals surface area contributed by atoms with Gasteiger partial charge in [0, 0.05) is 20.0 Å². The Morgan fingerprint density at radius 1 is 1.21 bits per heavy atom. The average Bonchev–Trinajstić information content (AvgIpc) is 3.10. The lowest BCUT2D eigenvalue weighted by molar-refractivity contribution is 0.0947. The molecule has 2 heterocycles. The summed E-state index contributed by atoms with van der Waals surface area (Å²) in [5.74, 6) is -0.396. The highest BCUT2D eigenvalue weighted by molar-refractivity contribution is 5.94. The number of nitrogens with zero attached hydrogens (tertiary/aromatic N) is 3.